The number of amides is 1. The van der Waals surface area contributed by atoms with Gasteiger partial charge in [0.05, 0.1) is 12.6 Å². The molecule has 3 rings (SSSR count). The Morgan fingerprint density at radius 3 is 2.35 bits per heavy atom. The molecular weight excluding hydrogens is 288 g/mol. The van der Waals surface area contributed by atoms with Gasteiger partial charge in [-0.2, -0.15) is 0 Å². The van der Waals surface area contributed by atoms with Gasteiger partial charge in [0, 0.05) is 12.5 Å². The zero-order chi connectivity index (χ0) is 17.2. The third kappa shape index (κ3) is 2.39. The summed E-state index contributed by atoms with van der Waals surface area (Å²) in [7, 11) is 0. The average Bonchev–Trinajstić information content (AvgIpc) is 2.70. The predicted molar refractivity (Wildman–Crippen MR) is 89.7 cm³/mol. The zero-order valence-electron chi connectivity index (χ0n) is 15.6. The summed E-state index contributed by atoms with van der Waals surface area (Å²) in [4.78, 5) is 15.1. The van der Waals surface area contributed by atoms with E-state index in [1.54, 1.807) is 0 Å². The highest BCUT2D eigenvalue weighted by molar-refractivity contribution is 5.84. The molecular formula is C18H30N4O. The molecule has 1 aliphatic heterocycles. The lowest BCUT2D eigenvalue weighted by atomic mass is 10.0. The first-order valence-electron chi connectivity index (χ1n) is 8.76. The van der Waals surface area contributed by atoms with E-state index in [9.17, 15) is 4.79 Å². The van der Waals surface area contributed by atoms with Crippen LogP contribution in [0.5, 0.6) is 0 Å². The molecule has 1 aromatic rings. The standard InChI is InChI=1S/C18H30N4O/c1-11(2)8-13-9-21(10-14-20-19-12(3)22(13)14)16(23)15-17(4,5)18(15,6)7/h11,13,15H,8-10H2,1-7H3/t13-/m0/s1. The largest absolute Gasteiger partial charge is 0.333 e. The summed E-state index contributed by atoms with van der Waals surface area (Å²) in [5.41, 5.74) is 0.164. The molecule has 1 aromatic heterocycles. The number of fused-ring (bicyclic) bond motifs is 1. The van der Waals surface area contributed by atoms with Gasteiger partial charge in [0.25, 0.3) is 0 Å². The summed E-state index contributed by atoms with van der Waals surface area (Å²) in [5.74, 6) is 2.89. The number of aryl methyl sites for hydroxylation is 1. The number of nitrogens with zero attached hydrogens (tertiary/aromatic N) is 4. The van der Waals surface area contributed by atoms with Gasteiger partial charge >= 0.3 is 0 Å². The molecule has 0 saturated heterocycles. The van der Waals surface area contributed by atoms with E-state index in [-0.39, 0.29) is 16.7 Å². The topological polar surface area (TPSA) is 51.0 Å². The van der Waals surface area contributed by atoms with Crippen LogP contribution >= 0.6 is 0 Å². The molecule has 23 heavy (non-hydrogen) atoms. The highest BCUT2D eigenvalue weighted by Crippen LogP contribution is 2.68. The number of carbonyl (C=O) groups excluding carboxylic acids is 1. The lowest BCUT2D eigenvalue weighted by Crippen LogP contribution is -2.43. The maximum absolute atomic E-state index is 13.1. The van der Waals surface area contributed by atoms with Crippen LogP contribution < -0.4 is 0 Å². The van der Waals surface area contributed by atoms with Crippen LogP contribution in [0.15, 0.2) is 0 Å². The summed E-state index contributed by atoms with van der Waals surface area (Å²) in [6.07, 6.45) is 1.05. The van der Waals surface area contributed by atoms with Crippen molar-refractivity contribution < 1.29 is 4.79 Å². The second kappa shape index (κ2) is 5.05. The van der Waals surface area contributed by atoms with Crippen LogP contribution in [-0.2, 0) is 11.3 Å². The average molecular weight is 318 g/mol. The number of aromatic nitrogens is 3. The Morgan fingerprint density at radius 2 is 1.83 bits per heavy atom. The van der Waals surface area contributed by atoms with Gasteiger partial charge in [0.1, 0.15) is 5.82 Å². The second-order valence-electron chi connectivity index (χ2n) is 8.91. The van der Waals surface area contributed by atoms with Crippen LogP contribution in [0.25, 0.3) is 0 Å². The maximum Gasteiger partial charge on any atom is 0.227 e. The molecule has 5 nitrogen and oxygen atoms in total. The second-order valence-corrected chi connectivity index (χ2v) is 8.91. The van der Waals surface area contributed by atoms with Crippen molar-refractivity contribution in [3.8, 4) is 0 Å². The molecule has 0 radical (unpaired) electrons. The van der Waals surface area contributed by atoms with Gasteiger partial charge in [-0.25, -0.2) is 0 Å². The third-order valence-corrected chi connectivity index (χ3v) is 6.39. The fourth-order valence-electron chi connectivity index (χ4n) is 4.46. The smallest absolute Gasteiger partial charge is 0.227 e. The molecule has 1 aliphatic carbocycles. The van der Waals surface area contributed by atoms with Crippen LogP contribution in [-0.4, -0.2) is 32.1 Å². The van der Waals surface area contributed by atoms with Crippen molar-refractivity contribution in [3.05, 3.63) is 11.6 Å². The predicted octanol–water partition coefficient (Wildman–Crippen LogP) is 3.20. The quantitative estimate of drug-likeness (QED) is 0.860. The lowest BCUT2D eigenvalue weighted by molar-refractivity contribution is -0.136. The van der Waals surface area contributed by atoms with Gasteiger partial charge in [0.2, 0.25) is 5.91 Å². The molecule has 0 N–H and O–H groups in total. The molecule has 1 atom stereocenters. The molecule has 5 heteroatoms. The van der Waals surface area contributed by atoms with E-state index >= 15 is 0 Å². The molecule has 0 aromatic carbocycles. The molecule has 0 bridgehead atoms. The highest BCUT2D eigenvalue weighted by atomic mass is 16.2. The Kier molecular flexibility index (Phi) is 3.62. The minimum Gasteiger partial charge on any atom is -0.333 e. The van der Waals surface area contributed by atoms with Crippen molar-refractivity contribution in [3.63, 3.8) is 0 Å². The van der Waals surface area contributed by atoms with E-state index in [2.05, 4.69) is 56.3 Å². The Morgan fingerprint density at radius 1 is 1.22 bits per heavy atom. The van der Waals surface area contributed by atoms with Gasteiger partial charge in [-0.15, -0.1) is 10.2 Å². The SMILES string of the molecule is Cc1nnc2n1[C@@H](CC(C)C)CN(C(=O)C1C(C)(C)C1(C)C)C2. The van der Waals surface area contributed by atoms with Crippen LogP contribution in [0.3, 0.4) is 0 Å². The maximum atomic E-state index is 13.1. The van der Waals surface area contributed by atoms with Crippen LogP contribution in [0.4, 0.5) is 0 Å². The molecule has 1 amide bonds. The molecule has 2 aliphatic rings. The number of hydrogen-bond acceptors (Lipinski definition) is 3. The van der Waals surface area contributed by atoms with Crippen molar-refractivity contribution in [2.75, 3.05) is 6.54 Å². The first-order valence-corrected chi connectivity index (χ1v) is 8.76. The van der Waals surface area contributed by atoms with E-state index in [0.717, 1.165) is 24.6 Å². The van der Waals surface area contributed by atoms with Crippen LogP contribution in [0.2, 0.25) is 0 Å². The van der Waals surface area contributed by atoms with Crippen molar-refractivity contribution in [1.82, 2.24) is 19.7 Å². The monoisotopic (exact) mass is 318 g/mol. The molecule has 128 valence electrons. The zero-order valence-corrected chi connectivity index (χ0v) is 15.6. The summed E-state index contributed by atoms with van der Waals surface area (Å²) in [5, 5.41) is 8.56. The van der Waals surface area contributed by atoms with E-state index < -0.39 is 0 Å². The molecule has 1 saturated carbocycles. The van der Waals surface area contributed by atoms with Crippen LogP contribution in [0, 0.1) is 29.6 Å². The molecule has 2 heterocycles. The highest BCUT2D eigenvalue weighted by Gasteiger charge is 2.69. The van der Waals surface area contributed by atoms with Gasteiger partial charge in [-0.1, -0.05) is 41.5 Å². The molecule has 1 fully saturated rings. The van der Waals surface area contributed by atoms with Gasteiger partial charge in [0.15, 0.2) is 5.82 Å². The molecule has 0 unspecified atom stereocenters. The fourth-order valence-corrected chi connectivity index (χ4v) is 4.46. The minimum atomic E-state index is 0.0820. The minimum absolute atomic E-state index is 0.0820. The molecule has 0 spiro atoms. The van der Waals surface area contributed by atoms with Crippen molar-refractivity contribution >= 4 is 5.91 Å². The Labute approximate surface area is 139 Å². The van der Waals surface area contributed by atoms with E-state index in [1.807, 2.05) is 11.8 Å². The Balaban J connectivity index is 1.85. The van der Waals surface area contributed by atoms with E-state index in [4.69, 9.17) is 0 Å². The van der Waals surface area contributed by atoms with Crippen molar-refractivity contribution in [1.29, 1.82) is 0 Å². The number of carbonyl (C=O) groups is 1. The third-order valence-electron chi connectivity index (χ3n) is 6.39. The summed E-state index contributed by atoms with van der Waals surface area (Å²) in [6, 6.07) is 0.294. The van der Waals surface area contributed by atoms with Gasteiger partial charge < -0.3 is 9.47 Å². The fraction of sp³-hybridized carbons (Fsp3) is 0.833. The first kappa shape index (κ1) is 16.5. The summed E-state index contributed by atoms with van der Waals surface area (Å²) < 4.78 is 2.24. The lowest BCUT2D eigenvalue weighted by Gasteiger charge is -2.35. The summed E-state index contributed by atoms with van der Waals surface area (Å²) >= 11 is 0. The summed E-state index contributed by atoms with van der Waals surface area (Å²) in [6.45, 7) is 16.7. The normalized spacial score (nSPS) is 25.6. The number of rotatable bonds is 3. The van der Waals surface area contributed by atoms with Crippen LogP contribution in [0.1, 0.15) is 65.7 Å². The van der Waals surface area contributed by atoms with E-state index in [1.165, 1.54) is 0 Å². The van der Waals surface area contributed by atoms with Crippen molar-refractivity contribution in [2.24, 2.45) is 22.7 Å². The van der Waals surface area contributed by atoms with Crippen molar-refractivity contribution in [2.45, 2.75) is 67.5 Å². The van der Waals surface area contributed by atoms with E-state index in [0.29, 0.717) is 24.4 Å². The Bertz CT molecular complexity index is 615. The Hall–Kier alpha value is -1.39. The van der Waals surface area contributed by atoms with Gasteiger partial charge in [-0.05, 0) is 30.1 Å². The van der Waals surface area contributed by atoms with Gasteiger partial charge in [-0.3, -0.25) is 4.79 Å². The number of hydrogen-bond donors (Lipinski definition) is 0. The first-order chi connectivity index (χ1) is 10.6.